The summed E-state index contributed by atoms with van der Waals surface area (Å²) < 4.78 is 12.7. The Hall–Kier alpha value is -8.32. The molecule has 5 amide bonds. The summed E-state index contributed by atoms with van der Waals surface area (Å²) in [4.78, 5) is 89.8. The highest BCUT2D eigenvalue weighted by Crippen LogP contribution is 2.40. The Kier molecular flexibility index (Phi) is 19.8. The van der Waals surface area contributed by atoms with Crippen molar-refractivity contribution in [2.45, 2.75) is 84.0 Å². The van der Waals surface area contributed by atoms with Gasteiger partial charge in [0, 0.05) is 44.3 Å². The van der Waals surface area contributed by atoms with Crippen molar-refractivity contribution in [3.8, 4) is 40.1 Å². The monoisotopic (exact) mass is 1020 g/mol. The van der Waals surface area contributed by atoms with Gasteiger partial charge in [-0.25, -0.2) is 9.97 Å². The lowest BCUT2D eigenvalue weighted by molar-refractivity contribution is -0.141. The number of aromatic nitrogens is 2. The van der Waals surface area contributed by atoms with Crippen LogP contribution in [-0.2, 0) is 31.0 Å². The van der Waals surface area contributed by atoms with E-state index in [1.54, 1.807) is 64.3 Å². The minimum atomic E-state index is -1.45. The molecule has 1 aromatic heterocycles. The first-order valence-electron chi connectivity index (χ1n) is 24.1. The molecule has 4 unspecified atom stereocenters. The third kappa shape index (κ3) is 14.7. The first kappa shape index (κ1) is 56.6. The normalized spacial score (nSPS) is 16.5. The highest BCUT2D eigenvalue weighted by atomic mass is 16.5. The van der Waals surface area contributed by atoms with Crippen LogP contribution in [0.4, 0.5) is 0 Å². The topological polar surface area (TPSA) is 332 Å². The third-order valence-electron chi connectivity index (χ3n) is 12.2. The van der Waals surface area contributed by atoms with Crippen molar-refractivity contribution >= 4 is 41.5 Å². The number of benzene rings is 3. The van der Waals surface area contributed by atoms with Crippen LogP contribution in [-0.4, -0.2) is 135 Å². The molecule has 4 aromatic rings. The van der Waals surface area contributed by atoms with Crippen LogP contribution in [0.1, 0.15) is 78.6 Å². The smallest absolute Gasteiger partial charge is 0.255 e. The predicted molar refractivity (Wildman–Crippen MR) is 282 cm³/mol. The SMILES string of the molecule is CN=C(N)NCCOc1ccc2cc1-c1cc(ccc1OCCNC(N)=NC)C(N(C)C(=O)C(CCN)NC(=O)c1c(C)nc(-c3ccc(C(C)(C)C)cc3)nc1C)C(=O)NC(C)C(=O)NC(C(=O)NCC#N)C2. The minimum Gasteiger partial charge on any atom is -0.491 e. The standard InChI is InChI=1S/C52H69N15O7/c1-29-42(30(2)63-44(62-29)33-11-14-35(15-12-33)52(4,5)6)47(70)65-38(18-19-53)49(72)67(9)43-34-13-17-41(74-25-23-61-51(56)58-8)37(28-34)36-26-32(10-16-40(36)73-24-22-60-50(55)57-7)27-39(46(69)59-21-20-54)66-45(68)31(3)64-48(43)71/h10-17,26,28,31,38-39,43H,18-19,21-25,27,53H2,1-9H3,(H,59,69)(H,64,71)(H,65,70)(H,66,68)(H3,55,57,60)(H3,56,58,61). The zero-order chi connectivity index (χ0) is 54.3. The van der Waals surface area contributed by atoms with Gasteiger partial charge in [-0.15, -0.1) is 0 Å². The number of rotatable bonds is 17. The molecule has 22 heteroatoms. The van der Waals surface area contributed by atoms with Crippen molar-refractivity contribution in [1.82, 2.24) is 46.8 Å². The third-order valence-corrected chi connectivity index (χ3v) is 12.2. The van der Waals surface area contributed by atoms with E-state index < -0.39 is 53.7 Å². The maximum atomic E-state index is 14.9. The summed E-state index contributed by atoms with van der Waals surface area (Å²) in [6, 6.07) is 14.8. The number of nitriles is 1. The Morgan fingerprint density at radius 2 is 1.45 bits per heavy atom. The Morgan fingerprint density at radius 1 is 0.865 bits per heavy atom. The summed E-state index contributed by atoms with van der Waals surface area (Å²) in [5, 5.41) is 26.0. The van der Waals surface area contributed by atoms with Gasteiger partial charge in [-0.1, -0.05) is 57.2 Å². The number of likely N-dealkylation sites (N-methyl/N-ethyl adjacent to an activating group) is 1. The molecule has 2 heterocycles. The summed E-state index contributed by atoms with van der Waals surface area (Å²) in [5.74, 6) is -1.91. The van der Waals surface area contributed by atoms with Crippen molar-refractivity contribution in [3.05, 3.63) is 94.3 Å². The molecule has 22 nitrogen and oxygen atoms in total. The molecule has 1 aliphatic rings. The quantitative estimate of drug-likeness (QED) is 0.0312. The number of hydrogen-bond donors (Lipinski definition) is 9. The lowest BCUT2D eigenvalue weighted by Crippen LogP contribution is -2.56. The van der Waals surface area contributed by atoms with Gasteiger partial charge in [-0.2, -0.15) is 5.26 Å². The number of ether oxygens (including phenoxy) is 2. The number of amides is 5. The first-order valence-corrected chi connectivity index (χ1v) is 24.1. The molecule has 1 aliphatic heterocycles. The largest absolute Gasteiger partial charge is 0.491 e. The zero-order valence-corrected chi connectivity index (χ0v) is 43.5. The number of carbonyl (C=O) groups is 5. The van der Waals surface area contributed by atoms with E-state index in [1.807, 2.05) is 30.3 Å². The molecule has 394 valence electrons. The number of nitrogens with zero attached hydrogens (tertiary/aromatic N) is 6. The van der Waals surface area contributed by atoms with E-state index in [1.165, 1.54) is 18.9 Å². The summed E-state index contributed by atoms with van der Waals surface area (Å²) in [6.45, 7) is 11.6. The van der Waals surface area contributed by atoms with E-state index in [9.17, 15) is 29.2 Å². The number of nitrogens with two attached hydrogens (primary N) is 3. The number of nitrogens with one attached hydrogen (secondary N) is 6. The molecule has 5 rings (SSSR count). The van der Waals surface area contributed by atoms with Gasteiger partial charge in [0.05, 0.1) is 36.1 Å². The molecular formula is C52H69N15O7. The number of carbonyl (C=O) groups excluding carboxylic acids is 5. The zero-order valence-electron chi connectivity index (χ0n) is 43.5. The average Bonchev–Trinajstić information content (AvgIpc) is 3.37. The predicted octanol–water partition coefficient (Wildman–Crippen LogP) is 1.38. The Morgan fingerprint density at radius 3 is 2.00 bits per heavy atom. The van der Waals surface area contributed by atoms with Gasteiger partial charge < -0.3 is 63.5 Å². The lowest BCUT2D eigenvalue weighted by Gasteiger charge is -2.32. The molecule has 0 radical (unpaired) electrons. The molecule has 74 heavy (non-hydrogen) atoms. The Labute approximate surface area is 431 Å². The molecule has 0 spiro atoms. The summed E-state index contributed by atoms with van der Waals surface area (Å²) >= 11 is 0. The van der Waals surface area contributed by atoms with Crippen LogP contribution < -0.4 is 58.6 Å². The van der Waals surface area contributed by atoms with Gasteiger partial charge >= 0.3 is 0 Å². The average molecular weight is 1020 g/mol. The van der Waals surface area contributed by atoms with Crippen molar-refractivity contribution in [2.24, 2.45) is 27.2 Å². The van der Waals surface area contributed by atoms with E-state index in [-0.39, 0.29) is 80.7 Å². The van der Waals surface area contributed by atoms with Gasteiger partial charge in [-0.05, 0) is 80.1 Å². The van der Waals surface area contributed by atoms with Crippen LogP contribution in [0, 0.1) is 25.2 Å². The summed E-state index contributed by atoms with van der Waals surface area (Å²) in [7, 11) is 4.50. The fourth-order valence-electron chi connectivity index (χ4n) is 8.15. The molecule has 4 atom stereocenters. The van der Waals surface area contributed by atoms with Crippen molar-refractivity contribution < 1.29 is 33.4 Å². The maximum absolute atomic E-state index is 14.9. The van der Waals surface area contributed by atoms with Crippen LogP contribution in [0.25, 0.3) is 22.5 Å². The number of aryl methyl sites for hydroxylation is 2. The highest BCUT2D eigenvalue weighted by molar-refractivity contribution is 6.00. The molecule has 4 bridgehead atoms. The molecule has 0 saturated heterocycles. The summed E-state index contributed by atoms with van der Waals surface area (Å²) in [6.07, 6.45) is -0.0573. The maximum Gasteiger partial charge on any atom is 0.255 e. The highest BCUT2D eigenvalue weighted by Gasteiger charge is 2.36. The second-order valence-corrected chi connectivity index (χ2v) is 18.6. The molecule has 12 N–H and O–H groups in total. The minimum absolute atomic E-state index is 0.0209. The second kappa shape index (κ2) is 25.9. The number of hydrogen-bond acceptors (Lipinski definition) is 13. The van der Waals surface area contributed by atoms with E-state index in [4.69, 9.17) is 26.7 Å². The fourth-order valence-corrected chi connectivity index (χ4v) is 8.15. The molecule has 0 saturated carbocycles. The molecule has 3 aromatic carbocycles. The van der Waals surface area contributed by atoms with Crippen LogP contribution in [0.3, 0.4) is 0 Å². The fraction of sp³-hybridized carbons (Fsp3) is 0.423. The van der Waals surface area contributed by atoms with Crippen LogP contribution in [0.2, 0.25) is 0 Å². The number of aliphatic imine (C=N–C) groups is 2. The van der Waals surface area contributed by atoms with E-state index in [2.05, 4.69) is 72.6 Å². The van der Waals surface area contributed by atoms with Crippen LogP contribution >= 0.6 is 0 Å². The van der Waals surface area contributed by atoms with Gasteiger partial charge in [0.25, 0.3) is 5.91 Å². The van der Waals surface area contributed by atoms with Gasteiger partial charge in [0.15, 0.2) is 17.7 Å². The van der Waals surface area contributed by atoms with Gasteiger partial charge in [0.2, 0.25) is 23.6 Å². The summed E-state index contributed by atoms with van der Waals surface area (Å²) in [5.41, 5.74) is 22.4. The van der Waals surface area contributed by atoms with Crippen LogP contribution in [0.5, 0.6) is 11.5 Å². The van der Waals surface area contributed by atoms with E-state index in [0.717, 1.165) is 11.1 Å². The number of fused-ring (bicyclic) bond motifs is 5. The van der Waals surface area contributed by atoms with E-state index in [0.29, 0.717) is 45.4 Å². The molecule has 0 aliphatic carbocycles. The van der Waals surface area contributed by atoms with Crippen molar-refractivity contribution in [3.63, 3.8) is 0 Å². The second-order valence-electron chi connectivity index (χ2n) is 18.6. The Bertz CT molecular complexity index is 2760. The van der Waals surface area contributed by atoms with Crippen molar-refractivity contribution in [1.29, 1.82) is 5.26 Å². The first-order chi connectivity index (χ1) is 35.2. The van der Waals surface area contributed by atoms with Gasteiger partial charge in [0.1, 0.15) is 55.4 Å². The van der Waals surface area contributed by atoms with Crippen LogP contribution in [0.15, 0.2) is 70.6 Å². The number of guanidine groups is 2. The van der Waals surface area contributed by atoms with E-state index >= 15 is 0 Å². The Balaban J connectivity index is 1.61. The van der Waals surface area contributed by atoms with Crippen molar-refractivity contribution in [2.75, 3.05) is 60.5 Å². The lowest BCUT2D eigenvalue weighted by atomic mass is 9.86. The molecule has 0 fully saturated rings. The molecular weight excluding hydrogens is 947 g/mol. The van der Waals surface area contributed by atoms with Gasteiger partial charge in [-0.3, -0.25) is 34.0 Å².